The van der Waals surface area contributed by atoms with E-state index in [1.165, 1.54) is 0 Å². The second kappa shape index (κ2) is 10.0. The van der Waals surface area contributed by atoms with Gasteiger partial charge in [0, 0.05) is 23.7 Å². The van der Waals surface area contributed by atoms with Crippen LogP contribution in [0, 0.1) is 5.92 Å². The van der Waals surface area contributed by atoms with E-state index in [4.69, 9.17) is 14.7 Å². The van der Waals surface area contributed by atoms with E-state index in [-0.39, 0.29) is 12.0 Å². The number of nitrogens with zero attached hydrogens (tertiary/aromatic N) is 4. The summed E-state index contributed by atoms with van der Waals surface area (Å²) >= 11 is 0. The number of imidazole rings is 1. The Balaban J connectivity index is 1.50. The summed E-state index contributed by atoms with van der Waals surface area (Å²) in [7, 11) is 3.66. The van der Waals surface area contributed by atoms with E-state index in [1.54, 1.807) is 19.4 Å². The van der Waals surface area contributed by atoms with Gasteiger partial charge in [0.1, 0.15) is 17.4 Å². The molecule has 1 aromatic carbocycles. The van der Waals surface area contributed by atoms with Gasteiger partial charge in [-0.2, -0.15) is 4.98 Å². The molecular weight excluding hydrogens is 445 g/mol. The number of halogens is 1. The number of ether oxygens (including phenoxy) is 1. The fourth-order valence-electron chi connectivity index (χ4n) is 4.86. The average Bonchev–Trinajstić information content (AvgIpc) is 3.24. The average molecular weight is 478 g/mol. The molecule has 35 heavy (non-hydrogen) atoms. The Labute approximate surface area is 204 Å². The van der Waals surface area contributed by atoms with Gasteiger partial charge in [0.15, 0.2) is 5.65 Å². The zero-order valence-corrected chi connectivity index (χ0v) is 20.3. The van der Waals surface area contributed by atoms with E-state index in [9.17, 15) is 4.39 Å². The normalized spacial score (nSPS) is 24.3. The molecule has 2 aliphatic rings. The standard InChI is InChI=1S/C26H32FN7O/c1-16-5-4-6-21(23(16)27)31-26-32-22-15-29-25(30-18-9-13-20(35-3)14-10-18)33-24(22)34(26)19-11-7-17(28-2)8-12-19/h4-6,9-10,13-17,19,23,28H,7-8,11-12H2,1-3H3,(H,31,32)(H,29,30,33). The molecule has 5 rings (SSSR count). The Bertz CT molecular complexity index is 1230. The van der Waals surface area contributed by atoms with Gasteiger partial charge in [0.2, 0.25) is 11.9 Å². The van der Waals surface area contributed by atoms with E-state index in [2.05, 4.69) is 25.5 Å². The summed E-state index contributed by atoms with van der Waals surface area (Å²) < 4.78 is 22.3. The van der Waals surface area contributed by atoms with E-state index >= 15 is 0 Å². The highest BCUT2D eigenvalue weighted by molar-refractivity contribution is 5.76. The minimum atomic E-state index is -1.10. The molecule has 1 fully saturated rings. The van der Waals surface area contributed by atoms with Crippen molar-refractivity contribution in [2.75, 3.05) is 24.8 Å². The lowest BCUT2D eigenvalue weighted by Gasteiger charge is -2.30. The highest BCUT2D eigenvalue weighted by atomic mass is 19.1. The maximum Gasteiger partial charge on any atom is 0.229 e. The zero-order chi connectivity index (χ0) is 24.4. The molecule has 0 bridgehead atoms. The molecule has 3 aromatic rings. The second-order valence-corrected chi connectivity index (χ2v) is 9.25. The highest BCUT2D eigenvalue weighted by Crippen LogP contribution is 2.35. The van der Waals surface area contributed by atoms with Crippen molar-refractivity contribution in [2.24, 2.45) is 5.92 Å². The van der Waals surface area contributed by atoms with Crippen LogP contribution in [0.25, 0.3) is 11.2 Å². The van der Waals surface area contributed by atoms with Crippen LogP contribution in [0.5, 0.6) is 5.75 Å². The summed E-state index contributed by atoms with van der Waals surface area (Å²) in [5.74, 6) is 1.69. The van der Waals surface area contributed by atoms with Gasteiger partial charge in [-0.15, -0.1) is 0 Å². The molecule has 1 saturated carbocycles. The summed E-state index contributed by atoms with van der Waals surface area (Å²) in [5, 5.41) is 9.95. The molecular formula is C26H32FN7O. The first-order valence-electron chi connectivity index (χ1n) is 12.2. The van der Waals surface area contributed by atoms with Crippen molar-refractivity contribution in [1.82, 2.24) is 24.8 Å². The lowest BCUT2D eigenvalue weighted by atomic mass is 9.91. The van der Waals surface area contributed by atoms with Crippen LogP contribution in [-0.2, 0) is 0 Å². The van der Waals surface area contributed by atoms with Gasteiger partial charge >= 0.3 is 0 Å². The fraction of sp³-hybridized carbons (Fsp3) is 0.423. The highest BCUT2D eigenvalue weighted by Gasteiger charge is 2.28. The van der Waals surface area contributed by atoms with Crippen LogP contribution in [0.1, 0.15) is 38.6 Å². The topological polar surface area (TPSA) is 88.9 Å². The molecule has 0 aliphatic heterocycles. The van der Waals surface area contributed by atoms with Crippen LogP contribution in [0.15, 0.2) is 54.4 Å². The minimum Gasteiger partial charge on any atom is -0.497 e. The van der Waals surface area contributed by atoms with Crippen LogP contribution in [0.2, 0.25) is 0 Å². The molecule has 9 heteroatoms. The molecule has 0 radical (unpaired) electrons. The summed E-state index contributed by atoms with van der Waals surface area (Å²) in [6.07, 6.45) is 10.3. The minimum absolute atomic E-state index is 0.188. The molecule has 184 valence electrons. The molecule has 0 spiro atoms. The quantitative estimate of drug-likeness (QED) is 0.435. The predicted octanol–water partition coefficient (Wildman–Crippen LogP) is 5.12. The number of rotatable bonds is 7. The summed E-state index contributed by atoms with van der Waals surface area (Å²) in [6.45, 7) is 1.88. The molecule has 8 nitrogen and oxygen atoms in total. The molecule has 3 N–H and O–H groups in total. The van der Waals surface area contributed by atoms with E-state index in [0.717, 1.165) is 42.8 Å². The van der Waals surface area contributed by atoms with Gasteiger partial charge in [-0.25, -0.2) is 14.4 Å². The van der Waals surface area contributed by atoms with Gasteiger partial charge in [0.25, 0.3) is 0 Å². The molecule has 0 amide bonds. The number of allylic oxidation sites excluding steroid dienone is 4. The van der Waals surface area contributed by atoms with Gasteiger partial charge < -0.3 is 20.7 Å². The maximum absolute atomic E-state index is 14.9. The van der Waals surface area contributed by atoms with Crippen LogP contribution in [0.3, 0.4) is 0 Å². The summed E-state index contributed by atoms with van der Waals surface area (Å²) in [6, 6.07) is 8.33. The van der Waals surface area contributed by atoms with Crippen molar-refractivity contribution < 1.29 is 9.13 Å². The molecule has 2 unspecified atom stereocenters. The van der Waals surface area contributed by atoms with Crippen molar-refractivity contribution in [3.8, 4) is 5.75 Å². The number of fused-ring (bicyclic) bond motifs is 1. The predicted molar refractivity (Wildman–Crippen MR) is 137 cm³/mol. The monoisotopic (exact) mass is 477 g/mol. The van der Waals surface area contributed by atoms with Crippen molar-refractivity contribution in [2.45, 2.75) is 50.9 Å². The lowest BCUT2D eigenvalue weighted by Crippen LogP contribution is -2.31. The summed E-state index contributed by atoms with van der Waals surface area (Å²) in [5.41, 5.74) is 2.79. The number of anilines is 3. The van der Waals surface area contributed by atoms with Gasteiger partial charge in [-0.1, -0.05) is 19.1 Å². The number of methoxy groups -OCH3 is 1. The van der Waals surface area contributed by atoms with Crippen LogP contribution < -0.4 is 20.7 Å². The third-order valence-corrected chi connectivity index (χ3v) is 6.95. The third-order valence-electron chi connectivity index (χ3n) is 6.95. The Morgan fingerprint density at radius 1 is 1.06 bits per heavy atom. The number of nitrogens with one attached hydrogen (secondary N) is 3. The fourth-order valence-corrected chi connectivity index (χ4v) is 4.86. The molecule has 2 aliphatic carbocycles. The zero-order valence-electron chi connectivity index (χ0n) is 20.3. The van der Waals surface area contributed by atoms with E-state index in [1.807, 2.05) is 50.4 Å². The first kappa shape index (κ1) is 23.3. The Morgan fingerprint density at radius 2 is 1.83 bits per heavy atom. The molecule has 2 aromatic heterocycles. The first-order valence-corrected chi connectivity index (χ1v) is 12.2. The first-order chi connectivity index (χ1) is 17.1. The van der Waals surface area contributed by atoms with Gasteiger partial charge in [0.05, 0.1) is 19.0 Å². The molecule has 2 heterocycles. The lowest BCUT2D eigenvalue weighted by molar-refractivity contribution is 0.303. The summed E-state index contributed by atoms with van der Waals surface area (Å²) in [4.78, 5) is 14.1. The number of hydrogen-bond acceptors (Lipinski definition) is 7. The van der Waals surface area contributed by atoms with Crippen LogP contribution in [0.4, 0.5) is 22.0 Å². The number of aromatic nitrogens is 4. The van der Waals surface area contributed by atoms with Gasteiger partial charge in [-0.05, 0) is 63.1 Å². The van der Waals surface area contributed by atoms with Crippen molar-refractivity contribution >= 4 is 28.7 Å². The Kier molecular flexibility index (Phi) is 6.68. The second-order valence-electron chi connectivity index (χ2n) is 9.25. The number of hydrogen-bond donors (Lipinski definition) is 3. The van der Waals surface area contributed by atoms with Crippen LogP contribution in [-0.4, -0.2) is 45.9 Å². The third kappa shape index (κ3) is 4.86. The van der Waals surface area contributed by atoms with Gasteiger partial charge in [-0.3, -0.25) is 4.57 Å². The van der Waals surface area contributed by atoms with Crippen molar-refractivity contribution in [3.63, 3.8) is 0 Å². The van der Waals surface area contributed by atoms with E-state index in [0.29, 0.717) is 29.2 Å². The molecule has 2 atom stereocenters. The smallest absolute Gasteiger partial charge is 0.229 e. The maximum atomic E-state index is 14.9. The number of benzene rings is 1. The van der Waals surface area contributed by atoms with Crippen LogP contribution >= 0.6 is 0 Å². The largest absolute Gasteiger partial charge is 0.497 e. The Morgan fingerprint density at radius 3 is 2.54 bits per heavy atom. The Hall–Kier alpha value is -3.46. The molecule has 0 saturated heterocycles. The SMILES string of the molecule is CNC1CCC(n2c(NC3=CC=CC(C)C3F)nc3cnc(Nc4ccc(OC)cc4)nc32)CC1. The van der Waals surface area contributed by atoms with Crippen molar-refractivity contribution in [1.29, 1.82) is 0 Å². The van der Waals surface area contributed by atoms with Crippen molar-refractivity contribution in [3.05, 3.63) is 54.4 Å². The van der Waals surface area contributed by atoms with E-state index < -0.39 is 6.17 Å². The number of alkyl halides is 1.